The maximum absolute atomic E-state index is 13.9. The lowest BCUT2D eigenvalue weighted by molar-refractivity contribution is -0.140. The summed E-state index contributed by atoms with van der Waals surface area (Å²) in [4.78, 5) is 16.6. The van der Waals surface area contributed by atoms with E-state index in [1.165, 1.54) is 6.07 Å². The van der Waals surface area contributed by atoms with Crippen molar-refractivity contribution in [2.75, 3.05) is 0 Å². The highest BCUT2D eigenvalue weighted by Crippen LogP contribution is 2.32. The van der Waals surface area contributed by atoms with Gasteiger partial charge in [0.05, 0.1) is 18.0 Å². The first kappa shape index (κ1) is 19.8. The number of hydrogen-bond donors (Lipinski definition) is 1. The minimum Gasteiger partial charge on any atom is -0.349 e. The minimum atomic E-state index is -4.75. The molecule has 3 nitrogen and oxygen atoms in total. The molecule has 1 amide bonds. The second-order valence-electron chi connectivity index (χ2n) is 6.46. The van der Waals surface area contributed by atoms with E-state index in [-0.39, 0.29) is 12.3 Å². The van der Waals surface area contributed by atoms with Gasteiger partial charge in [0.1, 0.15) is 5.82 Å². The van der Waals surface area contributed by atoms with Gasteiger partial charge in [-0.25, -0.2) is 4.39 Å². The molecule has 0 bridgehead atoms. The Morgan fingerprint density at radius 3 is 2.64 bits per heavy atom. The molecule has 1 aromatic heterocycles. The Morgan fingerprint density at radius 1 is 1.18 bits per heavy atom. The molecule has 0 aliphatic rings. The molecule has 1 atom stereocenters. The van der Waals surface area contributed by atoms with Crippen molar-refractivity contribution >= 4 is 16.7 Å². The number of carbonyl (C=O) groups excluding carboxylic acids is 1. The van der Waals surface area contributed by atoms with Gasteiger partial charge >= 0.3 is 6.18 Å². The van der Waals surface area contributed by atoms with E-state index in [0.29, 0.717) is 18.1 Å². The molecule has 7 heteroatoms. The van der Waals surface area contributed by atoms with Gasteiger partial charge in [-0.15, -0.1) is 0 Å². The molecule has 1 N–H and O–H groups in total. The highest BCUT2D eigenvalue weighted by molar-refractivity contribution is 5.89. The molecule has 0 aliphatic carbocycles. The Morgan fingerprint density at radius 2 is 1.96 bits per heavy atom. The van der Waals surface area contributed by atoms with Crippen molar-refractivity contribution in [3.8, 4) is 0 Å². The van der Waals surface area contributed by atoms with Crippen LogP contribution in [0.2, 0.25) is 0 Å². The van der Waals surface area contributed by atoms with E-state index in [9.17, 15) is 22.4 Å². The van der Waals surface area contributed by atoms with E-state index >= 15 is 0 Å². The van der Waals surface area contributed by atoms with E-state index in [1.807, 2.05) is 24.3 Å². The Balaban J connectivity index is 1.77. The summed E-state index contributed by atoms with van der Waals surface area (Å²) in [6.07, 6.45) is -0.895. The molecule has 0 saturated heterocycles. The zero-order valence-electron chi connectivity index (χ0n) is 15.1. The van der Waals surface area contributed by atoms with Crippen LogP contribution in [-0.4, -0.2) is 10.9 Å². The van der Waals surface area contributed by atoms with Gasteiger partial charge in [0, 0.05) is 17.8 Å². The summed E-state index contributed by atoms with van der Waals surface area (Å²) in [6, 6.07) is 9.53. The fourth-order valence-corrected chi connectivity index (χ4v) is 3.16. The number of alkyl halides is 3. The molecular formula is C21H18F4N2O. The number of aromatic nitrogens is 1. The van der Waals surface area contributed by atoms with E-state index in [2.05, 4.69) is 10.3 Å². The molecule has 0 saturated carbocycles. The van der Waals surface area contributed by atoms with Crippen molar-refractivity contribution in [1.82, 2.24) is 10.3 Å². The van der Waals surface area contributed by atoms with Crippen molar-refractivity contribution in [3.63, 3.8) is 0 Å². The molecule has 3 rings (SSSR count). The Labute approximate surface area is 159 Å². The first-order chi connectivity index (χ1) is 13.3. The second kappa shape index (κ2) is 7.96. The Kier molecular flexibility index (Phi) is 5.63. The summed E-state index contributed by atoms with van der Waals surface area (Å²) in [5, 5.41) is 4.59. The topological polar surface area (TPSA) is 42.0 Å². The number of rotatable bonds is 5. The fourth-order valence-electron chi connectivity index (χ4n) is 3.16. The standard InChI is InChI=1S/C21H18F4N2O/c1-2-19(14-6-7-17(18(22)10-14)21(23,24)25)27-20(28)11-13-4-3-5-15-12-26-9-8-16(13)15/h3-10,12,19H,2,11H2,1H3,(H,27,28). The van der Waals surface area contributed by atoms with Crippen molar-refractivity contribution < 1.29 is 22.4 Å². The Bertz CT molecular complexity index is 996. The van der Waals surface area contributed by atoms with Crippen LogP contribution in [-0.2, 0) is 17.4 Å². The van der Waals surface area contributed by atoms with Gasteiger partial charge in [0.25, 0.3) is 0 Å². The van der Waals surface area contributed by atoms with Crippen LogP contribution in [0.4, 0.5) is 17.6 Å². The monoisotopic (exact) mass is 390 g/mol. The van der Waals surface area contributed by atoms with Gasteiger partial charge in [-0.05, 0) is 41.1 Å². The van der Waals surface area contributed by atoms with Crippen molar-refractivity contribution in [3.05, 3.63) is 77.4 Å². The van der Waals surface area contributed by atoms with Gasteiger partial charge in [-0.2, -0.15) is 13.2 Å². The summed E-state index contributed by atoms with van der Waals surface area (Å²) in [5.74, 6) is -1.64. The van der Waals surface area contributed by atoms with Crippen LogP contribution in [0.3, 0.4) is 0 Å². The SMILES string of the molecule is CCC(NC(=O)Cc1cccc2cnccc12)c1ccc(C(F)(F)F)c(F)c1. The van der Waals surface area contributed by atoms with Crippen molar-refractivity contribution in [2.45, 2.75) is 32.0 Å². The van der Waals surface area contributed by atoms with E-state index in [1.54, 1.807) is 19.3 Å². The molecule has 146 valence electrons. The number of hydrogen-bond acceptors (Lipinski definition) is 2. The third kappa shape index (κ3) is 4.30. The molecule has 0 spiro atoms. The van der Waals surface area contributed by atoms with Crippen molar-refractivity contribution in [1.29, 1.82) is 0 Å². The molecule has 2 aromatic carbocycles. The molecule has 28 heavy (non-hydrogen) atoms. The number of carbonyl (C=O) groups is 1. The van der Waals surface area contributed by atoms with Gasteiger partial charge in [-0.1, -0.05) is 31.2 Å². The minimum absolute atomic E-state index is 0.0982. The molecule has 0 fully saturated rings. The van der Waals surface area contributed by atoms with Crippen LogP contribution in [0.15, 0.2) is 54.9 Å². The average molecular weight is 390 g/mol. The van der Waals surface area contributed by atoms with E-state index < -0.39 is 23.6 Å². The number of nitrogens with one attached hydrogen (secondary N) is 1. The third-order valence-electron chi connectivity index (χ3n) is 4.57. The van der Waals surface area contributed by atoms with Crippen LogP contribution in [0.5, 0.6) is 0 Å². The number of pyridine rings is 1. The summed E-state index contributed by atoms with van der Waals surface area (Å²) < 4.78 is 52.1. The number of halogens is 4. The zero-order chi connectivity index (χ0) is 20.3. The van der Waals surface area contributed by atoms with Gasteiger partial charge in [-0.3, -0.25) is 9.78 Å². The Hall–Kier alpha value is -2.96. The van der Waals surface area contributed by atoms with Crippen LogP contribution >= 0.6 is 0 Å². The summed E-state index contributed by atoms with van der Waals surface area (Å²) in [6.45, 7) is 1.77. The number of amides is 1. The third-order valence-corrected chi connectivity index (χ3v) is 4.57. The molecule has 0 aliphatic heterocycles. The summed E-state index contributed by atoms with van der Waals surface area (Å²) in [5.41, 5.74) is -0.212. The lowest BCUT2D eigenvalue weighted by Crippen LogP contribution is -2.29. The van der Waals surface area contributed by atoms with Gasteiger partial charge in [0.15, 0.2) is 0 Å². The zero-order valence-corrected chi connectivity index (χ0v) is 15.1. The smallest absolute Gasteiger partial charge is 0.349 e. The van der Waals surface area contributed by atoms with E-state index in [4.69, 9.17) is 0 Å². The van der Waals surface area contributed by atoms with Gasteiger partial charge < -0.3 is 5.32 Å². The number of benzene rings is 2. The average Bonchev–Trinajstić information content (AvgIpc) is 2.65. The maximum Gasteiger partial charge on any atom is 0.419 e. The van der Waals surface area contributed by atoms with Gasteiger partial charge in [0.2, 0.25) is 5.91 Å². The first-order valence-corrected chi connectivity index (χ1v) is 8.77. The highest BCUT2D eigenvalue weighted by atomic mass is 19.4. The maximum atomic E-state index is 13.9. The second-order valence-corrected chi connectivity index (χ2v) is 6.46. The number of nitrogens with zero attached hydrogens (tertiary/aromatic N) is 1. The fraction of sp³-hybridized carbons (Fsp3) is 0.238. The largest absolute Gasteiger partial charge is 0.419 e. The summed E-state index contributed by atoms with van der Waals surface area (Å²) >= 11 is 0. The summed E-state index contributed by atoms with van der Waals surface area (Å²) in [7, 11) is 0. The molecular weight excluding hydrogens is 372 g/mol. The van der Waals surface area contributed by atoms with Crippen LogP contribution in [0.25, 0.3) is 10.8 Å². The molecule has 1 heterocycles. The quantitative estimate of drug-likeness (QED) is 0.608. The molecule has 3 aromatic rings. The molecule has 1 unspecified atom stereocenters. The first-order valence-electron chi connectivity index (χ1n) is 8.77. The van der Waals surface area contributed by atoms with Crippen molar-refractivity contribution in [2.24, 2.45) is 0 Å². The predicted molar refractivity (Wildman–Crippen MR) is 98.0 cm³/mol. The normalized spacial score (nSPS) is 12.8. The van der Waals surface area contributed by atoms with Crippen LogP contribution < -0.4 is 5.32 Å². The lowest BCUT2D eigenvalue weighted by Gasteiger charge is -2.19. The van der Waals surface area contributed by atoms with E-state index in [0.717, 1.165) is 22.4 Å². The van der Waals surface area contributed by atoms with Crippen LogP contribution in [0.1, 0.15) is 36.1 Å². The molecule has 0 radical (unpaired) electrons. The number of fused-ring (bicyclic) bond motifs is 1. The lowest BCUT2D eigenvalue weighted by atomic mass is 10.0. The highest BCUT2D eigenvalue weighted by Gasteiger charge is 2.34. The predicted octanol–water partition coefficient (Wildman–Crippen LogP) is 5.20. The van der Waals surface area contributed by atoms with Crippen LogP contribution in [0, 0.1) is 5.82 Å².